The minimum atomic E-state index is 0.308. The number of hydrogen-bond donors (Lipinski definition) is 0. The highest BCUT2D eigenvalue weighted by atomic mass is 32.2. The fraction of sp³-hybridized carbons (Fsp3) is 0.500. The minimum Gasteiger partial charge on any atom is -0.384 e. The number of benzene rings is 1. The van der Waals surface area contributed by atoms with E-state index in [0.29, 0.717) is 30.5 Å². The molecule has 0 saturated carbocycles. The zero-order valence-corrected chi connectivity index (χ0v) is 11.3. The van der Waals surface area contributed by atoms with Crippen LogP contribution < -0.4 is 0 Å². The molecule has 1 unspecified atom stereocenters. The van der Waals surface area contributed by atoms with Crippen molar-refractivity contribution in [1.82, 2.24) is 0 Å². The second kappa shape index (κ2) is 8.31. The van der Waals surface area contributed by atoms with E-state index >= 15 is 0 Å². The van der Waals surface area contributed by atoms with Crippen LogP contribution in [0.5, 0.6) is 0 Å². The summed E-state index contributed by atoms with van der Waals surface area (Å²) in [6.45, 7) is 2.78. The molecule has 0 saturated heterocycles. The molecule has 1 atom stereocenters. The molecule has 0 heterocycles. The number of carbonyl (C=O) groups is 1. The van der Waals surface area contributed by atoms with Crippen LogP contribution in [0.2, 0.25) is 0 Å². The molecule has 0 fully saturated rings. The summed E-state index contributed by atoms with van der Waals surface area (Å²) < 4.78 is 5.10. The maximum Gasteiger partial charge on any atom is 0.143 e. The van der Waals surface area contributed by atoms with E-state index < -0.39 is 0 Å². The van der Waals surface area contributed by atoms with Crippen LogP contribution in [0, 0.1) is 5.92 Å². The number of Topliss-reactive ketones (excluding diaryl/α,β-unsaturated/α-hetero) is 1. The topological polar surface area (TPSA) is 26.3 Å². The van der Waals surface area contributed by atoms with E-state index in [1.807, 2.05) is 30.3 Å². The lowest BCUT2D eigenvalue weighted by molar-refractivity contribution is -0.117. The number of hydrogen-bond acceptors (Lipinski definition) is 3. The van der Waals surface area contributed by atoms with Crippen molar-refractivity contribution in [2.75, 3.05) is 19.5 Å². The quantitative estimate of drug-likeness (QED) is 0.663. The summed E-state index contributed by atoms with van der Waals surface area (Å²) in [5, 5.41) is 0. The zero-order chi connectivity index (χ0) is 12.5. The predicted molar refractivity (Wildman–Crippen MR) is 72.4 cm³/mol. The van der Waals surface area contributed by atoms with Crippen LogP contribution in [0.4, 0.5) is 0 Å². The van der Waals surface area contributed by atoms with Crippen molar-refractivity contribution in [3.63, 3.8) is 0 Å². The van der Waals surface area contributed by atoms with Gasteiger partial charge < -0.3 is 4.74 Å². The minimum absolute atomic E-state index is 0.308. The third-order valence-corrected chi connectivity index (χ3v) is 3.71. The number of thioether (sulfide) groups is 1. The second-order valence-electron chi connectivity index (χ2n) is 4.07. The number of methoxy groups -OCH3 is 1. The molecule has 2 nitrogen and oxygen atoms in total. The summed E-state index contributed by atoms with van der Waals surface area (Å²) in [7, 11) is 1.69. The van der Waals surface area contributed by atoms with E-state index in [1.165, 1.54) is 0 Å². The van der Waals surface area contributed by atoms with Gasteiger partial charge in [0.25, 0.3) is 0 Å². The van der Waals surface area contributed by atoms with Crippen LogP contribution in [-0.4, -0.2) is 25.3 Å². The van der Waals surface area contributed by atoms with Gasteiger partial charge in [-0.1, -0.05) is 31.5 Å². The molecule has 0 aromatic heterocycles. The Hall–Kier alpha value is -0.800. The van der Waals surface area contributed by atoms with Crippen molar-refractivity contribution in [1.29, 1.82) is 0 Å². The Morgan fingerprint density at radius 2 is 2.06 bits per heavy atom. The first-order valence-electron chi connectivity index (χ1n) is 5.94. The molecule has 0 aliphatic heterocycles. The Morgan fingerprint density at radius 3 is 2.65 bits per heavy atom. The van der Waals surface area contributed by atoms with Gasteiger partial charge in [0.05, 0.1) is 5.75 Å². The summed E-state index contributed by atoms with van der Waals surface area (Å²) >= 11 is 1.61. The molecule has 3 heteroatoms. The van der Waals surface area contributed by atoms with E-state index in [2.05, 4.69) is 6.92 Å². The molecule has 1 aromatic rings. The van der Waals surface area contributed by atoms with E-state index in [1.54, 1.807) is 18.9 Å². The predicted octanol–water partition coefficient (Wildman–Crippen LogP) is 3.41. The SMILES string of the molecule is CCC(COC)CC(=O)CSc1ccccc1. The molecule has 0 spiro atoms. The third-order valence-electron chi connectivity index (χ3n) is 2.64. The molecule has 0 amide bonds. The Labute approximate surface area is 108 Å². The highest BCUT2D eigenvalue weighted by Gasteiger charge is 2.12. The molecule has 0 aliphatic carbocycles. The summed E-state index contributed by atoms with van der Waals surface area (Å²) in [6.07, 6.45) is 1.62. The van der Waals surface area contributed by atoms with Crippen LogP contribution >= 0.6 is 11.8 Å². The fourth-order valence-corrected chi connectivity index (χ4v) is 2.41. The number of ketones is 1. The molecular formula is C14H20O2S. The molecule has 17 heavy (non-hydrogen) atoms. The van der Waals surface area contributed by atoms with Crippen molar-refractivity contribution in [3.8, 4) is 0 Å². The fourth-order valence-electron chi connectivity index (χ4n) is 1.62. The van der Waals surface area contributed by atoms with Gasteiger partial charge in [-0.15, -0.1) is 11.8 Å². The molecule has 1 rings (SSSR count). The highest BCUT2D eigenvalue weighted by molar-refractivity contribution is 8.00. The lowest BCUT2D eigenvalue weighted by atomic mass is 10.0. The van der Waals surface area contributed by atoms with Crippen molar-refractivity contribution >= 4 is 17.5 Å². The first-order chi connectivity index (χ1) is 8.26. The first-order valence-corrected chi connectivity index (χ1v) is 6.93. The van der Waals surface area contributed by atoms with Crippen LogP contribution in [0.25, 0.3) is 0 Å². The second-order valence-corrected chi connectivity index (χ2v) is 5.12. The maximum atomic E-state index is 11.8. The average Bonchev–Trinajstić information content (AvgIpc) is 2.37. The van der Waals surface area contributed by atoms with Crippen molar-refractivity contribution in [3.05, 3.63) is 30.3 Å². The summed E-state index contributed by atoms with van der Waals surface area (Å²) in [4.78, 5) is 12.9. The van der Waals surface area contributed by atoms with Crippen molar-refractivity contribution < 1.29 is 9.53 Å². The highest BCUT2D eigenvalue weighted by Crippen LogP contribution is 2.19. The maximum absolute atomic E-state index is 11.8. The monoisotopic (exact) mass is 252 g/mol. The average molecular weight is 252 g/mol. The van der Waals surface area contributed by atoms with Crippen LogP contribution in [0.3, 0.4) is 0 Å². The molecule has 0 radical (unpaired) electrons. The standard InChI is InChI=1S/C14H20O2S/c1-3-12(10-16-2)9-13(15)11-17-14-7-5-4-6-8-14/h4-8,12H,3,9-11H2,1-2H3. The summed E-state index contributed by atoms with van der Waals surface area (Å²) in [6, 6.07) is 10.0. The van der Waals surface area contributed by atoms with Gasteiger partial charge in [-0.3, -0.25) is 4.79 Å². The summed E-state index contributed by atoms with van der Waals surface area (Å²) in [5.74, 6) is 1.23. The third kappa shape index (κ3) is 5.89. The molecule has 0 aliphatic rings. The van der Waals surface area contributed by atoms with Gasteiger partial charge in [-0.05, 0) is 18.1 Å². The van der Waals surface area contributed by atoms with E-state index in [9.17, 15) is 4.79 Å². The van der Waals surface area contributed by atoms with Gasteiger partial charge >= 0.3 is 0 Å². The largest absolute Gasteiger partial charge is 0.384 e. The number of carbonyl (C=O) groups excluding carboxylic acids is 1. The van der Waals surface area contributed by atoms with Gasteiger partial charge in [-0.25, -0.2) is 0 Å². The molecule has 94 valence electrons. The number of rotatable bonds is 8. The van der Waals surface area contributed by atoms with Crippen LogP contribution in [0.15, 0.2) is 35.2 Å². The van der Waals surface area contributed by atoms with Gasteiger partial charge in [-0.2, -0.15) is 0 Å². The van der Waals surface area contributed by atoms with Crippen molar-refractivity contribution in [2.24, 2.45) is 5.92 Å². The Bertz CT molecular complexity index is 324. The number of ether oxygens (including phenoxy) is 1. The van der Waals surface area contributed by atoms with Gasteiger partial charge in [0.2, 0.25) is 0 Å². The Morgan fingerprint density at radius 1 is 1.35 bits per heavy atom. The summed E-state index contributed by atoms with van der Waals surface area (Å²) in [5.41, 5.74) is 0. The van der Waals surface area contributed by atoms with Crippen LogP contribution in [0.1, 0.15) is 19.8 Å². The van der Waals surface area contributed by atoms with Gasteiger partial charge in [0.1, 0.15) is 5.78 Å². The first kappa shape index (κ1) is 14.3. The van der Waals surface area contributed by atoms with Crippen molar-refractivity contribution in [2.45, 2.75) is 24.7 Å². The van der Waals surface area contributed by atoms with E-state index in [0.717, 1.165) is 11.3 Å². The zero-order valence-electron chi connectivity index (χ0n) is 10.5. The lowest BCUT2D eigenvalue weighted by Crippen LogP contribution is -2.14. The molecule has 0 N–H and O–H groups in total. The van der Waals surface area contributed by atoms with Gasteiger partial charge in [0, 0.05) is 25.0 Å². The normalized spacial score (nSPS) is 12.4. The van der Waals surface area contributed by atoms with Crippen LogP contribution in [-0.2, 0) is 9.53 Å². The molecular weight excluding hydrogens is 232 g/mol. The van der Waals surface area contributed by atoms with E-state index in [4.69, 9.17) is 4.74 Å². The Kier molecular flexibility index (Phi) is 6.97. The molecule has 1 aromatic carbocycles. The smallest absolute Gasteiger partial charge is 0.143 e. The lowest BCUT2D eigenvalue weighted by Gasteiger charge is -2.12. The Balaban J connectivity index is 2.30. The molecule has 0 bridgehead atoms. The van der Waals surface area contributed by atoms with E-state index in [-0.39, 0.29) is 0 Å². The van der Waals surface area contributed by atoms with Gasteiger partial charge in [0.15, 0.2) is 0 Å².